The largest absolute Gasteiger partial charge is 0.497 e. The Morgan fingerprint density at radius 3 is 2.50 bits per heavy atom. The Kier molecular flexibility index (Phi) is 6.25. The van der Waals surface area contributed by atoms with Crippen LogP contribution in [0.3, 0.4) is 0 Å². The number of methoxy groups -OCH3 is 2. The van der Waals surface area contributed by atoms with Gasteiger partial charge >= 0.3 is 0 Å². The van der Waals surface area contributed by atoms with Crippen molar-refractivity contribution in [2.24, 2.45) is 0 Å². The number of ether oxygens (including phenoxy) is 4. The van der Waals surface area contributed by atoms with Gasteiger partial charge in [-0.2, -0.15) is 0 Å². The predicted molar refractivity (Wildman–Crippen MR) is 111 cm³/mol. The van der Waals surface area contributed by atoms with Crippen LogP contribution in [-0.4, -0.2) is 59.6 Å². The SMILES string of the molecule is COc1ccc(NC(=O)C[NH+]2CC[NH+](Cc3ccc4c(c3)OCO4)CC2)c(OC)c1. The summed E-state index contributed by atoms with van der Waals surface area (Å²) in [5.74, 6) is 2.93. The van der Waals surface area contributed by atoms with E-state index in [2.05, 4.69) is 17.4 Å². The van der Waals surface area contributed by atoms with E-state index in [9.17, 15) is 4.79 Å². The summed E-state index contributed by atoms with van der Waals surface area (Å²) in [5.41, 5.74) is 1.91. The zero-order chi connectivity index (χ0) is 20.9. The number of amides is 1. The maximum atomic E-state index is 12.5. The first-order valence-electron chi connectivity index (χ1n) is 10.2. The van der Waals surface area contributed by atoms with E-state index in [1.165, 1.54) is 15.4 Å². The molecule has 2 aliphatic heterocycles. The van der Waals surface area contributed by atoms with Crippen LogP contribution >= 0.6 is 0 Å². The Morgan fingerprint density at radius 2 is 1.73 bits per heavy atom. The Morgan fingerprint density at radius 1 is 0.967 bits per heavy atom. The zero-order valence-electron chi connectivity index (χ0n) is 17.5. The van der Waals surface area contributed by atoms with Crippen LogP contribution < -0.4 is 34.1 Å². The van der Waals surface area contributed by atoms with E-state index >= 15 is 0 Å². The highest BCUT2D eigenvalue weighted by molar-refractivity contribution is 5.93. The first-order valence-corrected chi connectivity index (χ1v) is 10.2. The normalized spacial score (nSPS) is 19.9. The molecule has 3 N–H and O–H groups in total. The van der Waals surface area contributed by atoms with E-state index < -0.39 is 0 Å². The monoisotopic (exact) mass is 415 g/mol. The molecule has 1 amide bonds. The highest BCUT2D eigenvalue weighted by Crippen LogP contribution is 2.32. The Hall–Kier alpha value is -2.97. The number of anilines is 1. The lowest BCUT2D eigenvalue weighted by atomic mass is 10.1. The molecule has 1 fully saturated rings. The maximum absolute atomic E-state index is 12.5. The van der Waals surface area contributed by atoms with Crippen LogP contribution in [0.4, 0.5) is 5.69 Å². The first kappa shape index (κ1) is 20.3. The van der Waals surface area contributed by atoms with Crippen LogP contribution in [0.5, 0.6) is 23.0 Å². The number of hydrogen-bond acceptors (Lipinski definition) is 5. The number of carbonyl (C=O) groups excluding carboxylic acids is 1. The summed E-state index contributed by atoms with van der Waals surface area (Å²) in [5, 5.41) is 2.96. The molecule has 30 heavy (non-hydrogen) atoms. The number of benzene rings is 2. The molecule has 0 aliphatic carbocycles. The van der Waals surface area contributed by atoms with Crippen molar-refractivity contribution in [1.82, 2.24) is 0 Å². The second-order valence-corrected chi connectivity index (χ2v) is 7.66. The molecule has 0 bridgehead atoms. The number of rotatable bonds is 7. The molecule has 160 valence electrons. The summed E-state index contributed by atoms with van der Waals surface area (Å²) in [4.78, 5) is 15.4. The van der Waals surface area contributed by atoms with Crippen LogP contribution in [0.25, 0.3) is 0 Å². The van der Waals surface area contributed by atoms with Crippen LogP contribution in [0, 0.1) is 0 Å². The van der Waals surface area contributed by atoms with E-state index in [-0.39, 0.29) is 5.91 Å². The molecule has 0 atom stereocenters. The van der Waals surface area contributed by atoms with Crippen LogP contribution in [0.15, 0.2) is 36.4 Å². The van der Waals surface area contributed by atoms with Gasteiger partial charge in [0.15, 0.2) is 18.0 Å². The number of fused-ring (bicyclic) bond motifs is 1. The molecule has 0 unspecified atom stereocenters. The molecule has 8 nitrogen and oxygen atoms in total. The fraction of sp³-hybridized carbons (Fsp3) is 0.409. The van der Waals surface area contributed by atoms with E-state index in [0.717, 1.165) is 44.2 Å². The second-order valence-electron chi connectivity index (χ2n) is 7.66. The molecule has 1 saturated heterocycles. The van der Waals surface area contributed by atoms with Crippen LogP contribution in [-0.2, 0) is 11.3 Å². The average molecular weight is 415 g/mol. The van der Waals surface area contributed by atoms with Gasteiger partial charge in [-0.15, -0.1) is 0 Å². The predicted octanol–water partition coefficient (Wildman–Crippen LogP) is -0.645. The van der Waals surface area contributed by atoms with Crippen molar-refractivity contribution in [3.63, 3.8) is 0 Å². The summed E-state index contributed by atoms with van der Waals surface area (Å²) < 4.78 is 21.4. The van der Waals surface area contributed by atoms with Gasteiger partial charge in [0.1, 0.15) is 44.2 Å². The van der Waals surface area contributed by atoms with Gasteiger partial charge in [0.25, 0.3) is 5.91 Å². The number of piperazine rings is 1. The highest BCUT2D eigenvalue weighted by Gasteiger charge is 2.26. The molecule has 2 aromatic rings. The minimum Gasteiger partial charge on any atom is -0.497 e. The quantitative estimate of drug-likeness (QED) is 0.561. The van der Waals surface area contributed by atoms with Gasteiger partial charge in [-0.05, 0) is 30.3 Å². The van der Waals surface area contributed by atoms with Crippen molar-refractivity contribution < 1.29 is 33.5 Å². The summed E-state index contributed by atoms with van der Waals surface area (Å²) in [6.45, 7) is 5.70. The van der Waals surface area contributed by atoms with E-state index in [0.29, 0.717) is 30.5 Å². The number of hydrogen-bond donors (Lipinski definition) is 3. The standard InChI is InChI=1S/C22H27N3O5/c1-27-17-4-5-18(20(12-17)28-2)23-22(26)14-25-9-7-24(8-10-25)13-16-3-6-19-21(11-16)30-15-29-19/h3-6,11-12H,7-10,13-15H2,1-2H3,(H,23,26)/p+2. The van der Waals surface area contributed by atoms with Crippen molar-refractivity contribution in [2.75, 3.05) is 59.1 Å². The Bertz CT molecular complexity index is 896. The third-order valence-corrected chi connectivity index (χ3v) is 5.65. The lowest BCUT2D eigenvalue weighted by molar-refractivity contribution is -1.02. The molecular weight excluding hydrogens is 386 g/mol. The molecule has 0 aromatic heterocycles. The van der Waals surface area contributed by atoms with Gasteiger partial charge in [-0.3, -0.25) is 4.79 Å². The maximum Gasteiger partial charge on any atom is 0.279 e. The molecule has 2 aromatic carbocycles. The topological polar surface area (TPSA) is 74.9 Å². The molecule has 0 spiro atoms. The Balaban J connectivity index is 1.25. The van der Waals surface area contributed by atoms with Crippen molar-refractivity contribution >= 4 is 11.6 Å². The van der Waals surface area contributed by atoms with Crippen molar-refractivity contribution in [2.45, 2.75) is 6.54 Å². The molecule has 0 saturated carbocycles. The lowest BCUT2D eigenvalue weighted by Gasteiger charge is -2.29. The molecule has 2 heterocycles. The third kappa shape index (κ3) is 4.77. The molecule has 4 rings (SSSR count). The fourth-order valence-electron chi connectivity index (χ4n) is 3.97. The van der Waals surface area contributed by atoms with Gasteiger partial charge in [0.05, 0.1) is 19.9 Å². The minimum atomic E-state index is -0.00677. The highest BCUT2D eigenvalue weighted by atomic mass is 16.7. The van der Waals surface area contributed by atoms with Crippen molar-refractivity contribution in [3.8, 4) is 23.0 Å². The zero-order valence-corrected chi connectivity index (χ0v) is 17.5. The van der Waals surface area contributed by atoms with Crippen molar-refractivity contribution in [1.29, 1.82) is 0 Å². The van der Waals surface area contributed by atoms with Crippen LogP contribution in [0.1, 0.15) is 5.56 Å². The fourth-order valence-corrected chi connectivity index (χ4v) is 3.97. The minimum absolute atomic E-state index is 0.00677. The van der Waals surface area contributed by atoms with Crippen molar-refractivity contribution in [3.05, 3.63) is 42.0 Å². The van der Waals surface area contributed by atoms with E-state index in [1.54, 1.807) is 26.4 Å². The summed E-state index contributed by atoms with van der Waals surface area (Å²) >= 11 is 0. The summed E-state index contributed by atoms with van der Waals surface area (Å²) in [6, 6.07) is 11.5. The number of quaternary nitrogens is 2. The molecular formula is C22H29N3O5+2. The average Bonchev–Trinajstić information content (AvgIpc) is 3.23. The summed E-state index contributed by atoms with van der Waals surface area (Å²) in [6.07, 6.45) is 0. The van der Waals surface area contributed by atoms with E-state index in [4.69, 9.17) is 18.9 Å². The lowest BCUT2D eigenvalue weighted by Crippen LogP contribution is -3.28. The van der Waals surface area contributed by atoms with Gasteiger partial charge in [0, 0.05) is 11.6 Å². The molecule has 0 radical (unpaired) electrons. The second kappa shape index (κ2) is 9.23. The van der Waals surface area contributed by atoms with Gasteiger partial charge < -0.3 is 34.1 Å². The van der Waals surface area contributed by atoms with Gasteiger partial charge in [0.2, 0.25) is 6.79 Å². The van der Waals surface area contributed by atoms with Gasteiger partial charge in [-0.25, -0.2) is 0 Å². The van der Waals surface area contributed by atoms with Crippen LogP contribution in [0.2, 0.25) is 0 Å². The number of carbonyl (C=O) groups is 1. The first-order chi connectivity index (χ1) is 14.6. The molecule has 8 heteroatoms. The summed E-state index contributed by atoms with van der Waals surface area (Å²) in [7, 11) is 3.18. The molecule has 2 aliphatic rings. The number of nitrogens with one attached hydrogen (secondary N) is 3. The smallest absolute Gasteiger partial charge is 0.279 e. The van der Waals surface area contributed by atoms with Gasteiger partial charge in [-0.1, -0.05) is 0 Å². The Labute approximate surface area is 176 Å². The third-order valence-electron chi connectivity index (χ3n) is 5.65. The van der Waals surface area contributed by atoms with E-state index in [1.807, 2.05) is 12.1 Å².